The molecule has 2 N–H and O–H groups in total. The maximum absolute atomic E-state index is 6.15. The van der Waals surface area contributed by atoms with Gasteiger partial charge < -0.3 is 5.73 Å². The average Bonchev–Trinajstić information content (AvgIpc) is 2.74. The fraction of sp³-hybridized carbons (Fsp3) is 0.300. The molecule has 0 aliphatic heterocycles. The quantitative estimate of drug-likeness (QED) is 0.920. The van der Waals surface area contributed by atoms with Gasteiger partial charge in [-0.05, 0) is 35.8 Å². The van der Waals surface area contributed by atoms with Crippen LogP contribution in [0.15, 0.2) is 15.9 Å². The van der Waals surface area contributed by atoms with E-state index in [1.54, 1.807) is 22.7 Å². The molecule has 0 aliphatic rings. The van der Waals surface area contributed by atoms with E-state index in [-0.39, 0.29) is 6.04 Å². The van der Waals surface area contributed by atoms with Crippen molar-refractivity contribution >= 4 is 38.6 Å². The molecule has 0 radical (unpaired) electrons. The van der Waals surface area contributed by atoms with Crippen LogP contribution in [-0.4, -0.2) is 4.98 Å². The summed E-state index contributed by atoms with van der Waals surface area (Å²) in [6, 6.07) is 2.00. The number of aryl methyl sites for hydroxylation is 2. The molecule has 0 bridgehead atoms. The van der Waals surface area contributed by atoms with Crippen molar-refractivity contribution in [3.63, 3.8) is 0 Å². The summed E-state index contributed by atoms with van der Waals surface area (Å²) in [4.78, 5) is 6.83. The minimum Gasteiger partial charge on any atom is -0.318 e. The van der Waals surface area contributed by atoms with E-state index in [2.05, 4.69) is 33.9 Å². The van der Waals surface area contributed by atoms with Crippen molar-refractivity contribution in [2.24, 2.45) is 5.73 Å². The van der Waals surface area contributed by atoms with Crippen LogP contribution in [0.25, 0.3) is 0 Å². The first-order valence-corrected chi connectivity index (χ1v) is 7.00. The van der Waals surface area contributed by atoms with Crippen LogP contribution in [0.5, 0.6) is 0 Å². The fourth-order valence-electron chi connectivity index (χ4n) is 1.27. The number of hydrogen-bond donors (Lipinski definition) is 1. The number of nitrogens with zero attached hydrogens (tertiary/aromatic N) is 1. The van der Waals surface area contributed by atoms with Crippen LogP contribution in [0.4, 0.5) is 0 Å². The summed E-state index contributed by atoms with van der Waals surface area (Å²) in [5, 5.41) is 3.02. The van der Waals surface area contributed by atoms with E-state index in [1.165, 1.54) is 4.88 Å². The van der Waals surface area contributed by atoms with Crippen LogP contribution in [0, 0.1) is 13.8 Å². The molecule has 1 atom stereocenters. The summed E-state index contributed by atoms with van der Waals surface area (Å²) >= 11 is 6.84. The van der Waals surface area contributed by atoms with Crippen molar-refractivity contribution < 1.29 is 0 Å². The van der Waals surface area contributed by atoms with Crippen molar-refractivity contribution in [3.05, 3.63) is 36.4 Å². The summed E-state index contributed by atoms with van der Waals surface area (Å²) in [5.74, 6) is 0. The molecule has 0 spiro atoms. The van der Waals surface area contributed by atoms with Gasteiger partial charge in [0.2, 0.25) is 0 Å². The van der Waals surface area contributed by atoms with Gasteiger partial charge in [-0.15, -0.1) is 22.7 Å². The molecular formula is C10H11BrN2S2. The third-order valence-electron chi connectivity index (χ3n) is 2.09. The smallest absolute Gasteiger partial charge is 0.115 e. The zero-order valence-corrected chi connectivity index (χ0v) is 11.7. The second kappa shape index (κ2) is 4.33. The second-order valence-electron chi connectivity index (χ2n) is 3.36. The van der Waals surface area contributed by atoms with Gasteiger partial charge in [0, 0.05) is 25.3 Å². The monoisotopic (exact) mass is 302 g/mol. The largest absolute Gasteiger partial charge is 0.318 e. The highest BCUT2D eigenvalue weighted by molar-refractivity contribution is 9.10. The summed E-state index contributed by atoms with van der Waals surface area (Å²) < 4.78 is 1.13. The number of thiazole rings is 1. The van der Waals surface area contributed by atoms with Crippen LogP contribution < -0.4 is 5.73 Å². The minimum atomic E-state index is -0.0845. The molecule has 2 nitrogen and oxygen atoms in total. The molecule has 2 heterocycles. The Kier molecular flexibility index (Phi) is 3.25. The molecule has 0 aliphatic carbocycles. The Labute approximate surface area is 105 Å². The summed E-state index contributed by atoms with van der Waals surface area (Å²) in [6.45, 7) is 4.07. The third-order valence-corrected chi connectivity index (χ3v) is 5.35. The van der Waals surface area contributed by atoms with Gasteiger partial charge in [0.1, 0.15) is 5.01 Å². The van der Waals surface area contributed by atoms with Gasteiger partial charge in [-0.1, -0.05) is 0 Å². The molecule has 2 aromatic heterocycles. The molecular weight excluding hydrogens is 292 g/mol. The topological polar surface area (TPSA) is 38.9 Å². The highest BCUT2D eigenvalue weighted by Crippen LogP contribution is 2.33. The van der Waals surface area contributed by atoms with Gasteiger partial charge in [0.15, 0.2) is 0 Å². The molecule has 1 unspecified atom stereocenters. The average molecular weight is 303 g/mol. The van der Waals surface area contributed by atoms with Gasteiger partial charge in [0.05, 0.1) is 6.04 Å². The van der Waals surface area contributed by atoms with Crippen molar-refractivity contribution in [3.8, 4) is 0 Å². The van der Waals surface area contributed by atoms with Crippen molar-refractivity contribution in [1.29, 1.82) is 0 Å². The normalized spacial score (nSPS) is 13.1. The zero-order chi connectivity index (χ0) is 11.0. The van der Waals surface area contributed by atoms with E-state index in [9.17, 15) is 0 Å². The van der Waals surface area contributed by atoms with Crippen molar-refractivity contribution in [1.82, 2.24) is 4.98 Å². The highest BCUT2D eigenvalue weighted by atomic mass is 79.9. The number of nitrogens with two attached hydrogens (primary N) is 1. The lowest BCUT2D eigenvalue weighted by atomic mass is 10.2. The summed E-state index contributed by atoms with van der Waals surface area (Å²) in [5.41, 5.74) is 7.19. The number of hydrogen-bond acceptors (Lipinski definition) is 4. The van der Waals surface area contributed by atoms with Crippen LogP contribution in [0.3, 0.4) is 0 Å². The Hall–Kier alpha value is -0.230. The molecule has 0 amide bonds. The molecule has 5 heteroatoms. The Morgan fingerprint density at radius 3 is 2.67 bits per heavy atom. The summed E-state index contributed by atoms with van der Waals surface area (Å²) in [7, 11) is 0. The molecule has 0 aromatic carbocycles. The van der Waals surface area contributed by atoms with E-state index in [4.69, 9.17) is 5.73 Å². The van der Waals surface area contributed by atoms with Gasteiger partial charge in [0.25, 0.3) is 0 Å². The van der Waals surface area contributed by atoms with Crippen molar-refractivity contribution in [2.45, 2.75) is 19.9 Å². The van der Waals surface area contributed by atoms with E-state index in [1.807, 2.05) is 12.3 Å². The lowest BCUT2D eigenvalue weighted by Gasteiger charge is -2.04. The second-order valence-corrected chi connectivity index (χ2v) is 6.39. The van der Waals surface area contributed by atoms with Crippen molar-refractivity contribution in [2.75, 3.05) is 0 Å². The Morgan fingerprint density at radius 2 is 2.20 bits per heavy atom. The van der Waals surface area contributed by atoms with Gasteiger partial charge >= 0.3 is 0 Å². The number of rotatable bonds is 2. The first-order valence-electron chi connectivity index (χ1n) is 4.51. The molecule has 2 rings (SSSR count). The zero-order valence-electron chi connectivity index (χ0n) is 8.45. The van der Waals surface area contributed by atoms with Gasteiger partial charge in [-0.25, -0.2) is 4.98 Å². The maximum Gasteiger partial charge on any atom is 0.115 e. The van der Waals surface area contributed by atoms with Gasteiger partial charge in [-0.3, -0.25) is 0 Å². The standard InChI is InChI=1S/C10H11BrN2S2/c1-5-4-14-10(13-5)9(12)8-3-7(11)6(2)15-8/h3-4,9H,12H2,1-2H3. The van der Waals surface area contributed by atoms with Crippen LogP contribution in [-0.2, 0) is 0 Å². The lowest BCUT2D eigenvalue weighted by molar-refractivity contribution is 0.871. The van der Waals surface area contributed by atoms with E-state index in [0.29, 0.717) is 0 Å². The first-order chi connectivity index (χ1) is 7.08. The SMILES string of the molecule is Cc1csc(C(N)c2cc(Br)c(C)s2)n1. The number of thiophene rings is 1. The first kappa shape index (κ1) is 11.3. The molecule has 0 fully saturated rings. The van der Waals surface area contributed by atoms with Crippen LogP contribution >= 0.6 is 38.6 Å². The maximum atomic E-state index is 6.15. The number of aromatic nitrogens is 1. The predicted molar refractivity (Wildman–Crippen MR) is 69.6 cm³/mol. The van der Waals surface area contributed by atoms with E-state index in [0.717, 1.165) is 20.1 Å². The Bertz CT molecular complexity index is 456. The molecule has 0 saturated carbocycles. The Morgan fingerprint density at radius 1 is 1.47 bits per heavy atom. The number of halogens is 1. The van der Waals surface area contributed by atoms with Crippen LogP contribution in [0.1, 0.15) is 26.5 Å². The van der Waals surface area contributed by atoms with E-state index >= 15 is 0 Å². The molecule has 15 heavy (non-hydrogen) atoms. The van der Waals surface area contributed by atoms with Crippen LogP contribution in [0.2, 0.25) is 0 Å². The highest BCUT2D eigenvalue weighted by Gasteiger charge is 2.15. The Balaban J connectivity index is 2.31. The summed E-state index contributed by atoms with van der Waals surface area (Å²) in [6.07, 6.45) is 0. The predicted octanol–water partition coefficient (Wildman–Crippen LogP) is 3.63. The minimum absolute atomic E-state index is 0.0845. The molecule has 80 valence electrons. The van der Waals surface area contributed by atoms with E-state index < -0.39 is 0 Å². The fourth-order valence-corrected chi connectivity index (χ4v) is 3.73. The molecule has 0 saturated heterocycles. The third kappa shape index (κ3) is 2.30. The van der Waals surface area contributed by atoms with Gasteiger partial charge in [-0.2, -0.15) is 0 Å². The molecule has 2 aromatic rings. The lowest BCUT2D eigenvalue weighted by Crippen LogP contribution is -2.09.